The largest absolute Gasteiger partial charge is 0.469 e. The van der Waals surface area contributed by atoms with Gasteiger partial charge in [0.15, 0.2) is 5.96 Å². The van der Waals surface area contributed by atoms with Crippen molar-refractivity contribution >= 4 is 29.9 Å². The molecule has 3 rings (SSSR count). The summed E-state index contributed by atoms with van der Waals surface area (Å²) in [5.74, 6) is 1.94. The molecule has 0 radical (unpaired) electrons. The number of guanidine groups is 1. The Morgan fingerprint density at radius 3 is 2.72 bits per heavy atom. The minimum absolute atomic E-state index is 0. The third kappa shape index (κ3) is 8.01. The van der Waals surface area contributed by atoms with Crippen molar-refractivity contribution in [2.75, 3.05) is 19.6 Å². The van der Waals surface area contributed by atoms with E-state index in [1.807, 2.05) is 12.1 Å². The predicted octanol–water partition coefficient (Wildman–Crippen LogP) is 4.44. The minimum atomic E-state index is 0. The fourth-order valence-electron chi connectivity index (χ4n) is 3.73. The van der Waals surface area contributed by atoms with E-state index in [0.29, 0.717) is 12.1 Å². The van der Waals surface area contributed by atoms with Crippen molar-refractivity contribution in [1.82, 2.24) is 15.5 Å². The molecule has 1 aliphatic rings. The van der Waals surface area contributed by atoms with Gasteiger partial charge in [0, 0.05) is 44.7 Å². The zero-order chi connectivity index (χ0) is 19.6. The Morgan fingerprint density at radius 1 is 1.21 bits per heavy atom. The van der Waals surface area contributed by atoms with Gasteiger partial charge in [0.2, 0.25) is 0 Å². The second-order valence-corrected chi connectivity index (χ2v) is 7.66. The summed E-state index contributed by atoms with van der Waals surface area (Å²) in [6, 6.07) is 15.7. The molecule has 1 aromatic carbocycles. The summed E-state index contributed by atoms with van der Waals surface area (Å²) in [5.41, 5.74) is 1.39. The summed E-state index contributed by atoms with van der Waals surface area (Å²) in [6.07, 6.45) is 5.92. The molecule has 160 valence electrons. The number of likely N-dealkylation sites (tertiary alicyclic amines) is 1. The molecule has 2 aromatic rings. The molecule has 2 heterocycles. The molecule has 0 spiro atoms. The number of piperidine rings is 1. The van der Waals surface area contributed by atoms with Crippen molar-refractivity contribution in [3.05, 3.63) is 60.1 Å². The first-order valence-corrected chi connectivity index (χ1v) is 10.6. The summed E-state index contributed by atoms with van der Waals surface area (Å²) in [4.78, 5) is 7.30. The maximum absolute atomic E-state index is 5.42. The van der Waals surface area contributed by atoms with E-state index in [0.717, 1.165) is 63.6 Å². The number of aliphatic imine (C=N–C) groups is 1. The normalized spacial score (nSPS) is 20.1. The molecular formula is C23H35IN4O. The average molecular weight is 510 g/mol. The molecule has 2 N–H and O–H groups in total. The van der Waals surface area contributed by atoms with Crippen LogP contribution in [0.5, 0.6) is 0 Å². The van der Waals surface area contributed by atoms with Gasteiger partial charge in [-0.05, 0) is 43.9 Å². The van der Waals surface area contributed by atoms with Crippen molar-refractivity contribution in [2.24, 2.45) is 4.99 Å². The molecule has 1 aromatic heterocycles. The van der Waals surface area contributed by atoms with Crippen LogP contribution in [0, 0.1) is 0 Å². The van der Waals surface area contributed by atoms with E-state index >= 15 is 0 Å². The molecule has 5 nitrogen and oxygen atoms in total. The summed E-state index contributed by atoms with van der Waals surface area (Å²) in [6.45, 7) is 8.32. The van der Waals surface area contributed by atoms with E-state index in [2.05, 4.69) is 59.7 Å². The van der Waals surface area contributed by atoms with Crippen LogP contribution in [0.2, 0.25) is 0 Å². The van der Waals surface area contributed by atoms with Gasteiger partial charge in [-0.15, -0.1) is 24.0 Å². The van der Waals surface area contributed by atoms with E-state index in [1.165, 1.54) is 5.56 Å². The van der Waals surface area contributed by atoms with E-state index < -0.39 is 0 Å². The minimum Gasteiger partial charge on any atom is -0.469 e. The maximum atomic E-state index is 5.42. The van der Waals surface area contributed by atoms with Gasteiger partial charge in [-0.25, -0.2) is 0 Å². The molecular weight excluding hydrogens is 475 g/mol. The van der Waals surface area contributed by atoms with Gasteiger partial charge >= 0.3 is 0 Å². The summed E-state index contributed by atoms with van der Waals surface area (Å²) < 4.78 is 5.42. The van der Waals surface area contributed by atoms with Gasteiger partial charge in [-0.2, -0.15) is 0 Å². The van der Waals surface area contributed by atoms with Crippen LogP contribution < -0.4 is 10.6 Å². The molecule has 0 saturated carbocycles. The molecule has 0 bridgehead atoms. The molecule has 2 atom stereocenters. The molecule has 0 aliphatic carbocycles. The number of hydrogen-bond acceptors (Lipinski definition) is 3. The van der Waals surface area contributed by atoms with Crippen LogP contribution in [-0.4, -0.2) is 42.6 Å². The van der Waals surface area contributed by atoms with Crippen molar-refractivity contribution in [3.8, 4) is 0 Å². The molecule has 1 aliphatic heterocycles. The summed E-state index contributed by atoms with van der Waals surface area (Å²) in [7, 11) is 0. The second kappa shape index (κ2) is 12.9. The number of nitrogens with one attached hydrogen (secondary N) is 2. The summed E-state index contributed by atoms with van der Waals surface area (Å²) >= 11 is 0. The Bertz CT molecular complexity index is 705. The average Bonchev–Trinajstić information content (AvgIpc) is 3.22. The smallest absolute Gasteiger partial charge is 0.191 e. The number of halogens is 1. The maximum Gasteiger partial charge on any atom is 0.191 e. The Labute approximate surface area is 192 Å². The highest BCUT2D eigenvalue weighted by atomic mass is 127. The van der Waals surface area contributed by atoms with Crippen LogP contribution >= 0.6 is 24.0 Å². The van der Waals surface area contributed by atoms with Gasteiger partial charge in [-0.1, -0.05) is 37.3 Å². The number of benzene rings is 1. The molecule has 2 unspecified atom stereocenters. The van der Waals surface area contributed by atoms with Gasteiger partial charge in [-0.3, -0.25) is 9.89 Å². The number of furan rings is 1. The van der Waals surface area contributed by atoms with E-state index in [4.69, 9.17) is 9.41 Å². The van der Waals surface area contributed by atoms with Crippen LogP contribution in [-0.2, 0) is 13.0 Å². The van der Waals surface area contributed by atoms with E-state index in [-0.39, 0.29) is 24.0 Å². The fourth-order valence-corrected chi connectivity index (χ4v) is 3.73. The van der Waals surface area contributed by atoms with Crippen LogP contribution in [0.25, 0.3) is 0 Å². The Kier molecular flexibility index (Phi) is 10.6. The Hall–Kier alpha value is -1.54. The lowest BCUT2D eigenvalue weighted by Crippen LogP contribution is -2.51. The highest BCUT2D eigenvalue weighted by Gasteiger charge is 2.26. The highest BCUT2D eigenvalue weighted by Crippen LogP contribution is 2.20. The van der Waals surface area contributed by atoms with Crippen LogP contribution in [0.15, 0.2) is 58.1 Å². The Balaban J connectivity index is 0.00000300. The zero-order valence-corrected chi connectivity index (χ0v) is 20.0. The number of hydrogen-bond donors (Lipinski definition) is 2. The molecule has 29 heavy (non-hydrogen) atoms. The first-order valence-electron chi connectivity index (χ1n) is 10.6. The van der Waals surface area contributed by atoms with Crippen LogP contribution in [0.3, 0.4) is 0 Å². The van der Waals surface area contributed by atoms with E-state index in [1.54, 1.807) is 6.26 Å². The van der Waals surface area contributed by atoms with Crippen LogP contribution in [0.4, 0.5) is 0 Å². The van der Waals surface area contributed by atoms with Crippen molar-refractivity contribution in [2.45, 2.75) is 58.2 Å². The first-order chi connectivity index (χ1) is 13.7. The third-order valence-electron chi connectivity index (χ3n) is 5.32. The third-order valence-corrected chi connectivity index (χ3v) is 5.32. The Morgan fingerprint density at radius 2 is 2.03 bits per heavy atom. The lowest BCUT2D eigenvalue weighted by molar-refractivity contribution is 0.134. The topological polar surface area (TPSA) is 52.8 Å². The van der Waals surface area contributed by atoms with Crippen LogP contribution in [0.1, 0.15) is 44.4 Å². The quantitative estimate of drug-likeness (QED) is 0.313. The predicted molar refractivity (Wildman–Crippen MR) is 131 cm³/mol. The van der Waals surface area contributed by atoms with E-state index in [9.17, 15) is 0 Å². The van der Waals surface area contributed by atoms with Crippen molar-refractivity contribution in [1.29, 1.82) is 0 Å². The number of rotatable bonds is 8. The van der Waals surface area contributed by atoms with Crippen molar-refractivity contribution < 1.29 is 4.42 Å². The van der Waals surface area contributed by atoms with Gasteiger partial charge < -0.3 is 15.1 Å². The summed E-state index contributed by atoms with van der Waals surface area (Å²) in [5, 5.41) is 7.14. The first kappa shape index (κ1) is 23.7. The molecule has 0 amide bonds. The van der Waals surface area contributed by atoms with Crippen molar-refractivity contribution in [3.63, 3.8) is 0 Å². The van der Waals surface area contributed by atoms with Gasteiger partial charge in [0.05, 0.1) is 6.26 Å². The fraction of sp³-hybridized carbons (Fsp3) is 0.522. The lowest BCUT2D eigenvalue weighted by atomic mass is 9.97. The standard InChI is InChI=1S/C23H34N4O.HI/c1-3-13-24-23(25-14-11-22-10-7-16-28-22)26-21-12-15-27(19(2)17-21)18-20-8-5-4-6-9-20;/h4-10,16,19,21H,3,11-15,17-18H2,1-2H3,(H2,24,25,26);1H. The number of nitrogens with zero attached hydrogens (tertiary/aromatic N) is 2. The SMILES string of the molecule is CCCN=C(NCCc1ccco1)NC1CCN(Cc2ccccc2)C(C)C1.I. The second-order valence-electron chi connectivity index (χ2n) is 7.66. The molecule has 6 heteroatoms. The molecule has 1 saturated heterocycles. The molecule has 1 fully saturated rings. The zero-order valence-electron chi connectivity index (χ0n) is 17.6. The van der Waals surface area contributed by atoms with Gasteiger partial charge in [0.1, 0.15) is 5.76 Å². The van der Waals surface area contributed by atoms with Gasteiger partial charge in [0.25, 0.3) is 0 Å². The highest BCUT2D eigenvalue weighted by molar-refractivity contribution is 14.0. The monoisotopic (exact) mass is 510 g/mol. The lowest BCUT2D eigenvalue weighted by Gasteiger charge is -2.38.